The Labute approximate surface area is 116 Å². The monoisotopic (exact) mass is 276 g/mol. The second kappa shape index (κ2) is 6.18. The van der Waals surface area contributed by atoms with Crippen molar-refractivity contribution < 1.29 is 19.3 Å². The molecule has 1 unspecified atom stereocenters. The molecular formula is C14H16N2O4. The molecule has 106 valence electrons. The van der Waals surface area contributed by atoms with E-state index in [4.69, 9.17) is 4.74 Å². The van der Waals surface area contributed by atoms with Gasteiger partial charge >= 0.3 is 5.97 Å². The van der Waals surface area contributed by atoms with E-state index < -0.39 is 11.9 Å². The van der Waals surface area contributed by atoms with Gasteiger partial charge in [-0.05, 0) is 31.0 Å². The minimum absolute atomic E-state index is 0.302. The van der Waals surface area contributed by atoms with Crippen molar-refractivity contribution >= 4 is 5.97 Å². The van der Waals surface area contributed by atoms with Crippen molar-refractivity contribution in [2.45, 2.75) is 19.8 Å². The molecule has 1 N–H and O–H groups in total. The number of aromatic nitrogens is 2. The highest BCUT2D eigenvalue weighted by atomic mass is 16.6. The Balaban J connectivity index is 2.09. The van der Waals surface area contributed by atoms with Crippen molar-refractivity contribution in [1.82, 2.24) is 10.3 Å². The molecule has 2 rings (SSSR count). The highest BCUT2D eigenvalue weighted by Gasteiger charge is 2.21. The molecule has 1 heterocycles. The topological polar surface area (TPSA) is 85.5 Å². The number of carboxylic acid groups (broad SMARTS) is 1. The summed E-state index contributed by atoms with van der Waals surface area (Å²) >= 11 is 0. The van der Waals surface area contributed by atoms with Gasteiger partial charge in [0.1, 0.15) is 17.1 Å². The van der Waals surface area contributed by atoms with Gasteiger partial charge in [0, 0.05) is 6.42 Å². The number of methoxy groups -OCH3 is 1. The largest absolute Gasteiger partial charge is 0.497 e. The Bertz CT molecular complexity index is 577. The number of ether oxygens (including phenoxy) is 1. The first-order chi connectivity index (χ1) is 9.60. The number of rotatable bonds is 6. The van der Waals surface area contributed by atoms with E-state index in [1.165, 1.54) is 0 Å². The first-order valence-electron chi connectivity index (χ1n) is 6.24. The van der Waals surface area contributed by atoms with Crippen molar-refractivity contribution in [3.63, 3.8) is 0 Å². The van der Waals surface area contributed by atoms with E-state index in [0.29, 0.717) is 24.2 Å². The third-order valence-corrected chi connectivity index (χ3v) is 3.18. The van der Waals surface area contributed by atoms with Gasteiger partial charge in [0.25, 0.3) is 0 Å². The third-order valence-electron chi connectivity index (χ3n) is 3.18. The maximum absolute atomic E-state index is 11.4. The molecule has 2 aromatic rings. The van der Waals surface area contributed by atoms with Crippen LogP contribution in [0.1, 0.15) is 17.0 Å². The molecule has 0 bridgehead atoms. The predicted octanol–water partition coefficient (Wildman–Crippen LogP) is 1.87. The summed E-state index contributed by atoms with van der Waals surface area (Å²) < 4.78 is 9.67. The number of aliphatic carboxylic acids is 1. The van der Waals surface area contributed by atoms with Crippen LogP contribution in [-0.2, 0) is 17.6 Å². The SMILES string of the molecule is COc1ccc(CC(Cc2nonc2C)C(=O)O)cc1. The smallest absolute Gasteiger partial charge is 0.307 e. The summed E-state index contributed by atoms with van der Waals surface area (Å²) in [5.74, 6) is -0.672. The fourth-order valence-electron chi connectivity index (χ4n) is 1.96. The fraction of sp³-hybridized carbons (Fsp3) is 0.357. The average Bonchev–Trinajstić information content (AvgIpc) is 2.84. The van der Waals surface area contributed by atoms with Gasteiger partial charge in [-0.1, -0.05) is 22.4 Å². The first-order valence-corrected chi connectivity index (χ1v) is 6.24. The van der Waals surface area contributed by atoms with Crippen LogP contribution >= 0.6 is 0 Å². The highest BCUT2D eigenvalue weighted by Crippen LogP contribution is 2.18. The normalized spacial score (nSPS) is 12.1. The zero-order valence-electron chi connectivity index (χ0n) is 11.4. The van der Waals surface area contributed by atoms with E-state index in [-0.39, 0.29) is 0 Å². The fourth-order valence-corrected chi connectivity index (χ4v) is 1.96. The molecule has 0 aliphatic carbocycles. The summed E-state index contributed by atoms with van der Waals surface area (Å²) in [7, 11) is 1.59. The quantitative estimate of drug-likeness (QED) is 0.867. The molecule has 0 radical (unpaired) electrons. The lowest BCUT2D eigenvalue weighted by molar-refractivity contribution is -0.141. The number of nitrogens with zero attached hydrogens (tertiary/aromatic N) is 2. The number of carboxylic acids is 1. The first kappa shape index (κ1) is 14.0. The van der Waals surface area contributed by atoms with Crippen LogP contribution in [0.15, 0.2) is 28.9 Å². The van der Waals surface area contributed by atoms with E-state index in [2.05, 4.69) is 14.9 Å². The molecule has 0 saturated carbocycles. The van der Waals surface area contributed by atoms with Crippen LogP contribution in [-0.4, -0.2) is 28.5 Å². The average molecular weight is 276 g/mol. The van der Waals surface area contributed by atoms with Gasteiger partial charge in [-0.25, -0.2) is 4.63 Å². The summed E-state index contributed by atoms with van der Waals surface area (Å²) in [4.78, 5) is 11.4. The molecule has 1 aromatic heterocycles. The Morgan fingerprint density at radius 3 is 2.50 bits per heavy atom. The van der Waals surface area contributed by atoms with E-state index >= 15 is 0 Å². The Kier molecular flexibility index (Phi) is 4.34. The number of carbonyl (C=O) groups is 1. The molecule has 0 spiro atoms. The van der Waals surface area contributed by atoms with Crippen molar-refractivity contribution in [3.05, 3.63) is 41.2 Å². The summed E-state index contributed by atoms with van der Waals surface area (Å²) in [6.45, 7) is 1.75. The number of hydrogen-bond donors (Lipinski definition) is 1. The van der Waals surface area contributed by atoms with Gasteiger partial charge < -0.3 is 9.84 Å². The number of aryl methyl sites for hydroxylation is 1. The summed E-state index contributed by atoms with van der Waals surface area (Å²) in [5.41, 5.74) is 2.16. The van der Waals surface area contributed by atoms with Gasteiger partial charge in [-0.3, -0.25) is 4.79 Å². The van der Waals surface area contributed by atoms with Gasteiger partial charge in [0.2, 0.25) is 0 Å². The summed E-state index contributed by atoms with van der Waals surface area (Å²) in [6, 6.07) is 7.36. The van der Waals surface area contributed by atoms with E-state index in [1.54, 1.807) is 14.0 Å². The summed E-state index contributed by atoms with van der Waals surface area (Å²) in [5, 5.41) is 16.7. The van der Waals surface area contributed by atoms with Crippen LogP contribution in [0.4, 0.5) is 0 Å². The van der Waals surface area contributed by atoms with E-state index in [9.17, 15) is 9.90 Å². The molecule has 0 saturated heterocycles. The molecule has 0 amide bonds. The van der Waals surface area contributed by atoms with Gasteiger partial charge in [-0.15, -0.1) is 0 Å². The third kappa shape index (κ3) is 3.34. The zero-order chi connectivity index (χ0) is 14.5. The van der Waals surface area contributed by atoms with Crippen LogP contribution in [0.2, 0.25) is 0 Å². The number of benzene rings is 1. The van der Waals surface area contributed by atoms with Crippen LogP contribution in [0.25, 0.3) is 0 Å². The molecule has 20 heavy (non-hydrogen) atoms. The Morgan fingerprint density at radius 1 is 1.30 bits per heavy atom. The van der Waals surface area contributed by atoms with Crippen molar-refractivity contribution in [2.75, 3.05) is 7.11 Å². The minimum Gasteiger partial charge on any atom is -0.497 e. The standard InChI is InChI=1S/C14H16N2O4/c1-9-13(16-20-15-9)8-11(14(17)18)7-10-3-5-12(19-2)6-4-10/h3-6,11H,7-8H2,1-2H3,(H,17,18). The zero-order valence-corrected chi connectivity index (χ0v) is 11.4. The molecule has 6 heteroatoms. The summed E-state index contributed by atoms with van der Waals surface area (Å²) in [6.07, 6.45) is 0.725. The van der Waals surface area contributed by atoms with Crippen molar-refractivity contribution in [3.8, 4) is 5.75 Å². The molecule has 6 nitrogen and oxygen atoms in total. The van der Waals surface area contributed by atoms with Crippen LogP contribution in [0, 0.1) is 12.8 Å². The molecule has 1 aromatic carbocycles. The number of hydrogen-bond acceptors (Lipinski definition) is 5. The molecule has 0 aliphatic heterocycles. The lowest BCUT2D eigenvalue weighted by Crippen LogP contribution is -2.19. The van der Waals surface area contributed by atoms with Crippen molar-refractivity contribution in [2.24, 2.45) is 5.92 Å². The van der Waals surface area contributed by atoms with E-state index in [1.807, 2.05) is 24.3 Å². The molecular weight excluding hydrogens is 260 g/mol. The van der Waals surface area contributed by atoms with Crippen LogP contribution in [0.3, 0.4) is 0 Å². The second-order valence-corrected chi connectivity index (χ2v) is 4.59. The molecule has 0 fully saturated rings. The van der Waals surface area contributed by atoms with Crippen LogP contribution < -0.4 is 4.74 Å². The Morgan fingerprint density at radius 2 is 2.00 bits per heavy atom. The lowest BCUT2D eigenvalue weighted by Gasteiger charge is -2.11. The predicted molar refractivity (Wildman–Crippen MR) is 70.6 cm³/mol. The molecule has 0 aliphatic rings. The minimum atomic E-state index is -0.858. The van der Waals surface area contributed by atoms with Crippen molar-refractivity contribution in [1.29, 1.82) is 0 Å². The lowest BCUT2D eigenvalue weighted by atomic mass is 9.94. The highest BCUT2D eigenvalue weighted by molar-refractivity contribution is 5.70. The maximum Gasteiger partial charge on any atom is 0.307 e. The van der Waals surface area contributed by atoms with Crippen LogP contribution in [0.5, 0.6) is 5.75 Å². The van der Waals surface area contributed by atoms with Gasteiger partial charge in [0.15, 0.2) is 0 Å². The van der Waals surface area contributed by atoms with Gasteiger partial charge in [-0.2, -0.15) is 0 Å². The van der Waals surface area contributed by atoms with E-state index in [0.717, 1.165) is 11.3 Å². The van der Waals surface area contributed by atoms with Gasteiger partial charge in [0.05, 0.1) is 13.0 Å². The Hall–Kier alpha value is -2.37. The maximum atomic E-state index is 11.4. The second-order valence-electron chi connectivity index (χ2n) is 4.59. The molecule has 1 atom stereocenters.